The van der Waals surface area contributed by atoms with E-state index in [2.05, 4.69) is 15.0 Å². The number of nitrogens with one attached hydrogen (secondary N) is 2. The maximum absolute atomic E-state index is 10.7. The molecule has 6 nitrogen and oxygen atoms in total. The fourth-order valence-electron chi connectivity index (χ4n) is 0.831. The van der Waals surface area contributed by atoms with E-state index in [1.165, 1.54) is 0 Å². The van der Waals surface area contributed by atoms with Gasteiger partial charge in [0.15, 0.2) is 5.96 Å². The van der Waals surface area contributed by atoms with E-state index in [0.29, 0.717) is 12.5 Å². The second-order valence-electron chi connectivity index (χ2n) is 4.31. The molecule has 0 aliphatic carbocycles. The molecule has 0 amide bonds. The highest BCUT2D eigenvalue weighted by atomic mass is 32.2. The summed E-state index contributed by atoms with van der Waals surface area (Å²) in [6.45, 7) is 6.46. The lowest BCUT2D eigenvalue weighted by molar-refractivity contribution is 0.508. The van der Waals surface area contributed by atoms with Crippen LogP contribution in [0.1, 0.15) is 20.8 Å². The summed E-state index contributed by atoms with van der Waals surface area (Å²) >= 11 is 0. The summed E-state index contributed by atoms with van der Waals surface area (Å²) in [4.78, 5) is 3.97. The van der Waals surface area contributed by atoms with Crippen molar-refractivity contribution in [3.8, 4) is 0 Å². The number of sulfonamides is 1. The predicted octanol–water partition coefficient (Wildman–Crippen LogP) is -0.762. The molecule has 0 bridgehead atoms. The fraction of sp³-hybridized carbons (Fsp3) is 0.875. The summed E-state index contributed by atoms with van der Waals surface area (Å²) in [6, 6.07) is 0. The number of hydrogen-bond donors (Lipinski definition) is 3. The Kier molecular flexibility index (Phi) is 5.02. The summed E-state index contributed by atoms with van der Waals surface area (Å²) in [7, 11) is -3.14. The highest BCUT2D eigenvalue weighted by molar-refractivity contribution is 7.88. The molecule has 0 aromatic heterocycles. The van der Waals surface area contributed by atoms with E-state index in [9.17, 15) is 8.42 Å². The molecule has 0 saturated heterocycles. The number of rotatable bonds is 4. The lowest BCUT2D eigenvalue weighted by Gasteiger charge is -2.20. The monoisotopic (exact) mass is 236 g/mol. The van der Waals surface area contributed by atoms with Crippen molar-refractivity contribution >= 4 is 16.0 Å². The number of aliphatic imine (C=N–C) groups is 1. The van der Waals surface area contributed by atoms with Gasteiger partial charge in [0.2, 0.25) is 10.0 Å². The summed E-state index contributed by atoms with van der Waals surface area (Å²) in [5.74, 6) is 0.317. The molecule has 0 saturated carbocycles. The third-order valence-electron chi connectivity index (χ3n) is 1.26. The Morgan fingerprint density at radius 2 is 1.93 bits per heavy atom. The Balaban J connectivity index is 3.88. The largest absolute Gasteiger partial charge is 0.370 e. The van der Waals surface area contributed by atoms with E-state index < -0.39 is 10.0 Å². The zero-order valence-electron chi connectivity index (χ0n) is 9.66. The fourth-order valence-corrected chi connectivity index (χ4v) is 1.29. The lowest BCUT2D eigenvalue weighted by atomic mass is 10.1. The average Bonchev–Trinajstić information content (AvgIpc) is 1.92. The molecule has 0 heterocycles. The van der Waals surface area contributed by atoms with Gasteiger partial charge in [0, 0.05) is 12.1 Å². The lowest BCUT2D eigenvalue weighted by Crippen LogP contribution is -2.45. The van der Waals surface area contributed by atoms with Gasteiger partial charge in [-0.2, -0.15) is 0 Å². The third kappa shape index (κ3) is 11.1. The highest BCUT2D eigenvalue weighted by Crippen LogP contribution is 1.96. The van der Waals surface area contributed by atoms with E-state index >= 15 is 0 Å². The van der Waals surface area contributed by atoms with Gasteiger partial charge in [0.25, 0.3) is 0 Å². The second-order valence-corrected chi connectivity index (χ2v) is 6.14. The van der Waals surface area contributed by atoms with Crippen LogP contribution in [-0.4, -0.2) is 39.3 Å². The minimum Gasteiger partial charge on any atom is -0.370 e. The standard InChI is InChI=1S/C8H20N4O2S/c1-8(2,3)12-7(9)10-5-6-11-15(4,13)14/h11H,5-6H2,1-4H3,(H3,9,10,12). The van der Waals surface area contributed by atoms with Crippen LogP contribution in [0.25, 0.3) is 0 Å². The minimum atomic E-state index is -3.14. The van der Waals surface area contributed by atoms with Crippen molar-refractivity contribution in [3.63, 3.8) is 0 Å². The first-order valence-electron chi connectivity index (χ1n) is 4.63. The van der Waals surface area contributed by atoms with Crippen molar-refractivity contribution in [1.82, 2.24) is 10.0 Å². The molecule has 90 valence electrons. The molecule has 0 aliphatic rings. The smallest absolute Gasteiger partial charge is 0.208 e. The van der Waals surface area contributed by atoms with Crippen LogP contribution >= 0.6 is 0 Å². The molecule has 0 aromatic carbocycles. The van der Waals surface area contributed by atoms with E-state index in [1.807, 2.05) is 20.8 Å². The molecule has 0 unspecified atom stereocenters. The van der Waals surface area contributed by atoms with Gasteiger partial charge in [0.1, 0.15) is 0 Å². The number of nitrogens with zero attached hydrogens (tertiary/aromatic N) is 1. The summed E-state index contributed by atoms with van der Waals surface area (Å²) < 4.78 is 23.7. The molecule has 0 aliphatic heterocycles. The first-order chi connectivity index (χ1) is 6.60. The number of nitrogens with two attached hydrogens (primary N) is 1. The molecule has 0 atom stereocenters. The van der Waals surface area contributed by atoms with Gasteiger partial charge < -0.3 is 11.1 Å². The first-order valence-corrected chi connectivity index (χ1v) is 6.52. The van der Waals surface area contributed by atoms with Crippen LogP contribution in [-0.2, 0) is 10.0 Å². The van der Waals surface area contributed by atoms with E-state index in [0.717, 1.165) is 6.26 Å². The molecular weight excluding hydrogens is 216 g/mol. The predicted molar refractivity (Wildman–Crippen MR) is 62.2 cm³/mol. The summed E-state index contributed by atoms with van der Waals surface area (Å²) in [5.41, 5.74) is 5.43. The van der Waals surface area contributed by atoms with Gasteiger partial charge in [-0.15, -0.1) is 0 Å². The zero-order chi connectivity index (χ0) is 12.1. The average molecular weight is 236 g/mol. The van der Waals surface area contributed by atoms with Crippen molar-refractivity contribution < 1.29 is 8.42 Å². The van der Waals surface area contributed by atoms with Gasteiger partial charge in [-0.05, 0) is 20.8 Å². The molecule has 0 fully saturated rings. The van der Waals surface area contributed by atoms with Gasteiger partial charge in [0.05, 0.1) is 12.8 Å². The maximum Gasteiger partial charge on any atom is 0.208 e. The Hall–Kier alpha value is -0.820. The Labute approximate surface area is 91.4 Å². The van der Waals surface area contributed by atoms with Crippen LogP contribution in [0, 0.1) is 0 Å². The molecular formula is C8H20N4O2S. The number of guanidine groups is 1. The topological polar surface area (TPSA) is 96.6 Å². The normalized spacial score (nSPS) is 14.0. The van der Waals surface area contributed by atoms with Crippen molar-refractivity contribution in [2.75, 3.05) is 19.3 Å². The molecule has 15 heavy (non-hydrogen) atoms. The maximum atomic E-state index is 10.7. The van der Waals surface area contributed by atoms with Crippen molar-refractivity contribution in [2.45, 2.75) is 26.3 Å². The van der Waals surface area contributed by atoms with Crippen LogP contribution < -0.4 is 15.8 Å². The first kappa shape index (κ1) is 14.2. The van der Waals surface area contributed by atoms with Crippen LogP contribution in [0.5, 0.6) is 0 Å². The van der Waals surface area contributed by atoms with Crippen molar-refractivity contribution in [1.29, 1.82) is 0 Å². The van der Waals surface area contributed by atoms with Crippen LogP contribution in [0.2, 0.25) is 0 Å². The van der Waals surface area contributed by atoms with Gasteiger partial charge >= 0.3 is 0 Å². The minimum absolute atomic E-state index is 0.141. The Morgan fingerprint density at radius 1 is 1.40 bits per heavy atom. The molecule has 0 rings (SSSR count). The van der Waals surface area contributed by atoms with Crippen LogP contribution in [0.15, 0.2) is 4.99 Å². The van der Waals surface area contributed by atoms with Crippen LogP contribution in [0.3, 0.4) is 0 Å². The summed E-state index contributed by atoms with van der Waals surface area (Å²) in [5, 5.41) is 2.97. The SMILES string of the molecule is CC(C)(C)NC(N)=NCCNS(C)(=O)=O. The second kappa shape index (κ2) is 5.32. The quantitative estimate of drug-likeness (QED) is 0.339. The van der Waals surface area contributed by atoms with Gasteiger partial charge in [-0.25, -0.2) is 13.1 Å². The number of hydrogen-bond acceptors (Lipinski definition) is 3. The highest BCUT2D eigenvalue weighted by Gasteiger charge is 2.09. The Bertz CT molecular complexity index is 316. The molecule has 0 spiro atoms. The summed E-state index contributed by atoms with van der Waals surface area (Å²) in [6.07, 6.45) is 1.10. The molecule has 7 heteroatoms. The van der Waals surface area contributed by atoms with Crippen molar-refractivity contribution in [3.05, 3.63) is 0 Å². The van der Waals surface area contributed by atoms with Crippen molar-refractivity contribution in [2.24, 2.45) is 10.7 Å². The third-order valence-corrected chi connectivity index (χ3v) is 1.99. The van der Waals surface area contributed by atoms with E-state index in [1.54, 1.807) is 0 Å². The van der Waals surface area contributed by atoms with Gasteiger partial charge in [-0.3, -0.25) is 4.99 Å². The van der Waals surface area contributed by atoms with Gasteiger partial charge in [-0.1, -0.05) is 0 Å². The zero-order valence-corrected chi connectivity index (χ0v) is 10.5. The van der Waals surface area contributed by atoms with E-state index in [-0.39, 0.29) is 12.1 Å². The van der Waals surface area contributed by atoms with E-state index in [4.69, 9.17) is 5.73 Å². The molecule has 0 radical (unpaired) electrons. The Morgan fingerprint density at radius 3 is 2.33 bits per heavy atom. The molecule has 0 aromatic rings. The van der Waals surface area contributed by atoms with Crippen LogP contribution in [0.4, 0.5) is 0 Å². The molecule has 4 N–H and O–H groups in total.